The molecule has 1 fully saturated rings. The summed E-state index contributed by atoms with van der Waals surface area (Å²) in [5.41, 5.74) is 0.638. The number of rotatable bonds is 7. The zero-order valence-electron chi connectivity index (χ0n) is 15.5. The number of nitrogens with zero attached hydrogens (tertiary/aromatic N) is 1. The molecule has 0 amide bonds. The Morgan fingerprint density at radius 3 is 2.67 bits per heavy atom. The van der Waals surface area contributed by atoms with Gasteiger partial charge in [-0.25, -0.2) is 0 Å². The molecule has 2 aliphatic heterocycles. The predicted molar refractivity (Wildman–Crippen MR) is 102 cm³/mol. The molecular weight excluding hydrogens is 344 g/mol. The van der Waals surface area contributed by atoms with E-state index in [-0.39, 0.29) is 18.4 Å². The lowest BCUT2D eigenvalue weighted by Gasteiger charge is -2.33. The molecular formula is C21H26N2O4. The molecule has 1 unspecified atom stereocenters. The van der Waals surface area contributed by atoms with Crippen LogP contribution < -0.4 is 14.8 Å². The highest BCUT2D eigenvalue weighted by atomic mass is 16.6. The van der Waals surface area contributed by atoms with Crippen LogP contribution in [0.2, 0.25) is 0 Å². The second-order valence-corrected chi connectivity index (χ2v) is 7.04. The van der Waals surface area contributed by atoms with Crippen LogP contribution in [0.4, 0.5) is 0 Å². The van der Waals surface area contributed by atoms with Crippen molar-refractivity contribution in [2.75, 3.05) is 39.4 Å². The first kappa shape index (κ1) is 18.1. The van der Waals surface area contributed by atoms with E-state index in [4.69, 9.17) is 13.9 Å². The Kier molecular flexibility index (Phi) is 5.75. The third-order valence-corrected chi connectivity index (χ3v) is 5.19. The SMILES string of the molecule is O=C(CNCC(c1ccco1)N1CCCCC1)c1ccc2c(c1)OCCO2. The molecule has 2 aliphatic rings. The number of furan rings is 1. The highest BCUT2D eigenvalue weighted by molar-refractivity contribution is 5.98. The number of piperidine rings is 1. The van der Waals surface area contributed by atoms with Crippen molar-refractivity contribution in [1.29, 1.82) is 0 Å². The van der Waals surface area contributed by atoms with Crippen LogP contribution in [0.15, 0.2) is 41.0 Å². The van der Waals surface area contributed by atoms with E-state index in [0.29, 0.717) is 36.8 Å². The van der Waals surface area contributed by atoms with Gasteiger partial charge in [0.1, 0.15) is 19.0 Å². The van der Waals surface area contributed by atoms with Crippen molar-refractivity contribution in [2.45, 2.75) is 25.3 Å². The first-order chi connectivity index (χ1) is 13.3. The molecule has 4 rings (SSSR count). The summed E-state index contributed by atoms with van der Waals surface area (Å²) in [7, 11) is 0. The predicted octanol–water partition coefficient (Wildman–Crippen LogP) is 3.05. The van der Waals surface area contributed by atoms with Crippen LogP contribution in [0.5, 0.6) is 11.5 Å². The molecule has 3 heterocycles. The van der Waals surface area contributed by atoms with Crippen LogP contribution in [0.3, 0.4) is 0 Å². The smallest absolute Gasteiger partial charge is 0.176 e. The van der Waals surface area contributed by atoms with Crippen LogP contribution in [0.1, 0.15) is 41.4 Å². The summed E-state index contributed by atoms with van der Waals surface area (Å²) in [4.78, 5) is 15.0. The number of nitrogens with one attached hydrogen (secondary N) is 1. The fourth-order valence-corrected chi connectivity index (χ4v) is 3.76. The van der Waals surface area contributed by atoms with E-state index in [2.05, 4.69) is 10.2 Å². The second kappa shape index (κ2) is 8.59. The Bertz CT molecular complexity index is 754. The number of Topliss-reactive ketones (excluding diaryl/α,β-unsaturated/α-hetero) is 1. The topological polar surface area (TPSA) is 63.9 Å². The van der Waals surface area contributed by atoms with Crippen molar-refractivity contribution in [1.82, 2.24) is 10.2 Å². The minimum atomic E-state index is 0.0452. The lowest BCUT2D eigenvalue weighted by Crippen LogP contribution is -2.40. The van der Waals surface area contributed by atoms with Gasteiger partial charge in [-0.05, 0) is 56.3 Å². The number of fused-ring (bicyclic) bond motifs is 1. The molecule has 1 atom stereocenters. The van der Waals surface area contributed by atoms with E-state index in [9.17, 15) is 4.79 Å². The van der Waals surface area contributed by atoms with Gasteiger partial charge in [-0.3, -0.25) is 9.69 Å². The number of benzene rings is 1. The Morgan fingerprint density at radius 2 is 1.89 bits per heavy atom. The van der Waals surface area contributed by atoms with Gasteiger partial charge in [0.2, 0.25) is 0 Å². The molecule has 1 N–H and O–H groups in total. The second-order valence-electron chi connectivity index (χ2n) is 7.04. The van der Waals surface area contributed by atoms with Gasteiger partial charge in [0.05, 0.1) is 18.8 Å². The number of carbonyl (C=O) groups is 1. The number of carbonyl (C=O) groups excluding carboxylic acids is 1. The Hall–Kier alpha value is -2.31. The highest BCUT2D eigenvalue weighted by Gasteiger charge is 2.24. The molecule has 6 heteroatoms. The average Bonchev–Trinajstić information content (AvgIpc) is 3.26. The molecule has 0 radical (unpaired) electrons. The Labute approximate surface area is 159 Å². The van der Waals surface area contributed by atoms with Crippen LogP contribution in [0, 0.1) is 0 Å². The van der Waals surface area contributed by atoms with Gasteiger partial charge >= 0.3 is 0 Å². The number of ketones is 1. The van der Waals surface area contributed by atoms with Crippen LogP contribution in [0.25, 0.3) is 0 Å². The number of hydrogen-bond donors (Lipinski definition) is 1. The van der Waals surface area contributed by atoms with E-state index in [1.54, 1.807) is 24.5 Å². The lowest BCUT2D eigenvalue weighted by molar-refractivity contribution is 0.0978. The summed E-state index contributed by atoms with van der Waals surface area (Å²) in [6, 6.07) is 9.48. The normalized spacial score (nSPS) is 18.2. The Morgan fingerprint density at radius 1 is 1.07 bits per heavy atom. The minimum Gasteiger partial charge on any atom is -0.486 e. The van der Waals surface area contributed by atoms with Gasteiger partial charge in [-0.2, -0.15) is 0 Å². The molecule has 2 aromatic rings. The van der Waals surface area contributed by atoms with Crippen molar-refractivity contribution >= 4 is 5.78 Å². The summed E-state index contributed by atoms with van der Waals surface area (Å²) in [6.07, 6.45) is 5.44. The van der Waals surface area contributed by atoms with E-state index in [1.165, 1.54) is 19.3 Å². The summed E-state index contributed by atoms with van der Waals surface area (Å²) in [5, 5.41) is 3.33. The van der Waals surface area contributed by atoms with Crippen molar-refractivity contribution < 1.29 is 18.7 Å². The molecule has 0 bridgehead atoms. The molecule has 1 aromatic heterocycles. The van der Waals surface area contributed by atoms with Crippen LogP contribution in [-0.4, -0.2) is 50.1 Å². The zero-order chi connectivity index (χ0) is 18.5. The highest BCUT2D eigenvalue weighted by Crippen LogP contribution is 2.31. The van der Waals surface area contributed by atoms with Gasteiger partial charge in [0, 0.05) is 12.1 Å². The molecule has 0 spiro atoms. The summed E-state index contributed by atoms with van der Waals surface area (Å²) >= 11 is 0. The Balaban J connectivity index is 1.36. The molecule has 144 valence electrons. The lowest BCUT2D eigenvalue weighted by atomic mass is 10.1. The van der Waals surface area contributed by atoms with E-state index in [1.807, 2.05) is 12.1 Å². The van der Waals surface area contributed by atoms with Gasteiger partial charge in [-0.1, -0.05) is 6.42 Å². The molecule has 0 aliphatic carbocycles. The number of hydrogen-bond acceptors (Lipinski definition) is 6. The third-order valence-electron chi connectivity index (χ3n) is 5.19. The minimum absolute atomic E-state index is 0.0452. The molecule has 1 saturated heterocycles. The molecule has 6 nitrogen and oxygen atoms in total. The van der Waals surface area contributed by atoms with Crippen molar-refractivity contribution in [3.8, 4) is 11.5 Å². The largest absolute Gasteiger partial charge is 0.486 e. The van der Waals surface area contributed by atoms with E-state index >= 15 is 0 Å². The fourth-order valence-electron chi connectivity index (χ4n) is 3.76. The number of likely N-dealkylation sites (tertiary alicyclic amines) is 1. The fraction of sp³-hybridized carbons (Fsp3) is 0.476. The summed E-state index contributed by atoms with van der Waals surface area (Å²) < 4.78 is 16.7. The van der Waals surface area contributed by atoms with Gasteiger partial charge < -0.3 is 19.2 Å². The maximum Gasteiger partial charge on any atom is 0.176 e. The maximum absolute atomic E-state index is 12.6. The van der Waals surface area contributed by atoms with Crippen LogP contribution in [-0.2, 0) is 0 Å². The quantitative estimate of drug-likeness (QED) is 0.756. The van der Waals surface area contributed by atoms with Crippen molar-refractivity contribution in [3.05, 3.63) is 47.9 Å². The zero-order valence-corrected chi connectivity index (χ0v) is 15.5. The summed E-state index contributed by atoms with van der Waals surface area (Å²) in [6.45, 7) is 4.18. The van der Waals surface area contributed by atoms with Crippen molar-refractivity contribution in [2.24, 2.45) is 0 Å². The third kappa shape index (κ3) is 4.34. The van der Waals surface area contributed by atoms with Gasteiger partial charge in [0.25, 0.3) is 0 Å². The van der Waals surface area contributed by atoms with Crippen molar-refractivity contribution in [3.63, 3.8) is 0 Å². The van der Waals surface area contributed by atoms with Gasteiger partial charge in [0.15, 0.2) is 17.3 Å². The first-order valence-corrected chi connectivity index (χ1v) is 9.72. The molecule has 0 saturated carbocycles. The average molecular weight is 370 g/mol. The molecule has 27 heavy (non-hydrogen) atoms. The van der Waals surface area contributed by atoms with E-state index in [0.717, 1.165) is 18.8 Å². The summed E-state index contributed by atoms with van der Waals surface area (Å²) in [5.74, 6) is 2.35. The molecule has 1 aromatic carbocycles. The van der Waals surface area contributed by atoms with E-state index < -0.39 is 0 Å². The standard InChI is InChI=1S/C21H26N2O4/c24-18(16-6-7-20-21(13-16)27-12-11-26-20)15-22-14-17(19-5-4-10-25-19)23-8-2-1-3-9-23/h4-7,10,13,17,22H,1-3,8-9,11-12,14-15H2. The number of ether oxygens (including phenoxy) is 2. The van der Waals surface area contributed by atoms with Crippen LogP contribution >= 0.6 is 0 Å². The maximum atomic E-state index is 12.6. The van der Waals surface area contributed by atoms with Gasteiger partial charge in [-0.15, -0.1) is 0 Å². The first-order valence-electron chi connectivity index (χ1n) is 9.72. The monoisotopic (exact) mass is 370 g/mol.